The molecular formula is C12H15N4O3+. The second-order valence-corrected chi connectivity index (χ2v) is 4.11. The number of carbonyl (C=O) groups is 1. The molecule has 0 aromatic heterocycles. The van der Waals surface area contributed by atoms with Crippen LogP contribution < -0.4 is 10.2 Å². The first-order chi connectivity index (χ1) is 9.04. The Morgan fingerprint density at radius 2 is 2.21 bits per heavy atom. The van der Waals surface area contributed by atoms with Gasteiger partial charge >= 0.3 is 0 Å². The zero-order valence-corrected chi connectivity index (χ0v) is 10.5. The Balaban J connectivity index is 2.63. The maximum absolute atomic E-state index is 11.7. The van der Waals surface area contributed by atoms with E-state index in [0.29, 0.717) is 13.0 Å². The molecule has 1 atom stereocenters. The summed E-state index contributed by atoms with van der Waals surface area (Å²) in [5.74, 6) is -0.315. The maximum Gasteiger partial charge on any atom is 0.292 e. The van der Waals surface area contributed by atoms with Gasteiger partial charge in [-0.05, 0) is 6.07 Å². The van der Waals surface area contributed by atoms with Crippen molar-refractivity contribution in [3.8, 4) is 6.07 Å². The molecule has 2 N–H and O–H groups in total. The molecule has 1 unspecified atom stereocenters. The fourth-order valence-corrected chi connectivity index (χ4v) is 1.56. The van der Waals surface area contributed by atoms with Gasteiger partial charge in [0.25, 0.3) is 11.6 Å². The molecular weight excluding hydrogens is 248 g/mol. The molecule has 0 aliphatic heterocycles. The summed E-state index contributed by atoms with van der Waals surface area (Å²) in [5, 5.41) is 21.7. The van der Waals surface area contributed by atoms with E-state index < -0.39 is 4.92 Å². The van der Waals surface area contributed by atoms with Gasteiger partial charge in [-0.3, -0.25) is 14.9 Å². The van der Waals surface area contributed by atoms with Crippen LogP contribution in [0.25, 0.3) is 0 Å². The van der Waals surface area contributed by atoms with E-state index in [0.717, 1.165) is 4.90 Å². The standard InChI is InChI=1S/C12H14N4O3/c1-15(8-4-7-13)9-12(17)14-10-5-2-3-6-11(10)16(18)19/h2-3,5-6H,4,8-9H2,1H3,(H,14,17)/p+1. The van der Waals surface area contributed by atoms with Gasteiger partial charge in [0.05, 0.1) is 31.0 Å². The highest BCUT2D eigenvalue weighted by Gasteiger charge is 2.16. The van der Waals surface area contributed by atoms with Gasteiger partial charge in [-0.1, -0.05) is 12.1 Å². The second kappa shape index (κ2) is 7.08. The Hall–Kier alpha value is -2.46. The lowest BCUT2D eigenvalue weighted by Crippen LogP contribution is -3.10. The van der Waals surface area contributed by atoms with E-state index >= 15 is 0 Å². The third-order valence-electron chi connectivity index (χ3n) is 2.50. The Bertz CT molecular complexity index is 510. The highest BCUT2D eigenvalue weighted by molar-refractivity contribution is 5.93. The van der Waals surface area contributed by atoms with E-state index in [9.17, 15) is 14.9 Å². The highest BCUT2D eigenvalue weighted by Crippen LogP contribution is 2.22. The molecule has 1 rings (SSSR count). The SMILES string of the molecule is C[NH+](CCC#N)CC(=O)Nc1ccccc1[N+](=O)[O-]. The van der Waals surface area contributed by atoms with Gasteiger partial charge in [-0.25, -0.2) is 0 Å². The largest absolute Gasteiger partial charge is 0.329 e. The van der Waals surface area contributed by atoms with Crippen LogP contribution in [0.3, 0.4) is 0 Å². The molecule has 0 saturated carbocycles. The van der Waals surface area contributed by atoms with Crippen LogP contribution in [0, 0.1) is 21.4 Å². The van der Waals surface area contributed by atoms with Crippen molar-refractivity contribution < 1.29 is 14.6 Å². The summed E-state index contributed by atoms with van der Waals surface area (Å²) >= 11 is 0. The number of hydrogen-bond donors (Lipinski definition) is 2. The van der Waals surface area contributed by atoms with Crippen LogP contribution in [-0.2, 0) is 4.79 Å². The zero-order chi connectivity index (χ0) is 14.3. The highest BCUT2D eigenvalue weighted by atomic mass is 16.6. The monoisotopic (exact) mass is 263 g/mol. The molecule has 7 heteroatoms. The average molecular weight is 263 g/mol. The van der Waals surface area contributed by atoms with Crippen molar-refractivity contribution in [2.45, 2.75) is 6.42 Å². The summed E-state index contributed by atoms with van der Waals surface area (Å²) in [6, 6.07) is 7.99. The molecule has 0 radical (unpaired) electrons. The van der Waals surface area contributed by atoms with Crippen LogP contribution in [0.1, 0.15) is 6.42 Å². The van der Waals surface area contributed by atoms with Gasteiger partial charge in [0.2, 0.25) is 0 Å². The molecule has 0 heterocycles. The molecule has 1 aromatic carbocycles. The second-order valence-electron chi connectivity index (χ2n) is 4.11. The number of benzene rings is 1. The van der Waals surface area contributed by atoms with E-state index in [-0.39, 0.29) is 23.8 Å². The number of nitrogens with one attached hydrogen (secondary N) is 2. The summed E-state index contributed by atoms with van der Waals surface area (Å²) in [6.07, 6.45) is 0.366. The van der Waals surface area contributed by atoms with E-state index in [1.807, 2.05) is 6.07 Å². The number of carbonyl (C=O) groups excluding carboxylic acids is 1. The van der Waals surface area contributed by atoms with Gasteiger partial charge in [-0.2, -0.15) is 5.26 Å². The lowest BCUT2D eigenvalue weighted by molar-refractivity contribution is -0.870. The molecule has 0 aliphatic rings. The van der Waals surface area contributed by atoms with Gasteiger partial charge in [-0.15, -0.1) is 0 Å². The quantitative estimate of drug-likeness (QED) is 0.555. The Kier molecular flexibility index (Phi) is 5.44. The molecule has 1 aromatic rings. The molecule has 0 aliphatic carbocycles. The van der Waals surface area contributed by atoms with E-state index in [2.05, 4.69) is 5.32 Å². The van der Waals surface area contributed by atoms with Crippen LogP contribution in [0.4, 0.5) is 11.4 Å². The Morgan fingerprint density at radius 3 is 2.84 bits per heavy atom. The van der Waals surface area contributed by atoms with E-state index in [4.69, 9.17) is 5.26 Å². The molecule has 7 nitrogen and oxygen atoms in total. The minimum absolute atomic E-state index is 0.134. The summed E-state index contributed by atoms with van der Waals surface area (Å²) in [7, 11) is 1.79. The molecule has 0 fully saturated rings. The van der Waals surface area contributed by atoms with Gasteiger partial charge in [0.1, 0.15) is 5.69 Å². The number of nitro groups is 1. The van der Waals surface area contributed by atoms with Crippen molar-refractivity contribution >= 4 is 17.3 Å². The number of para-hydroxylation sites is 2. The third-order valence-corrected chi connectivity index (χ3v) is 2.50. The maximum atomic E-state index is 11.7. The number of nitriles is 1. The minimum atomic E-state index is -0.540. The summed E-state index contributed by atoms with van der Waals surface area (Å²) in [5.41, 5.74) is 0.0520. The van der Waals surface area contributed by atoms with Crippen LogP contribution in [-0.4, -0.2) is 31.0 Å². The topological polar surface area (TPSA) is 100 Å². The first-order valence-electron chi connectivity index (χ1n) is 5.76. The van der Waals surface area contributed by atoms with Crippen molar-refractivity contribution in [2.75, 3.05) is 25.5 Å². The summed E-state index contributed by atoms with van der Waals surface area (Å²) in [6.45, 7) is 0.717. The minimum Gasteiger partial charge on any atom is -0.329 e. The van der Waals surface area contributed by atoms with Crippen molar-refractivity contribution in [1.29, 1.82) is 5.26 Å². The summed E-state index contributed by atoms with van der Waals surface area (Å²) in [4.78, 5) is 22.8. The van der Waals surface area contributed by atoms with Gasteiger partial charge in [0, 0.05) is 6.07 Å². The van der Waals surface area contributed by atoms with Crippen LogP contribution in [0.5, 0.6) is 0 Å². The lowest BCUT2D eigenvalue weighted by atomic mass is 10.2. The number of quaternary nitrogens is 1. The van der Waals surface area contributed by atoms with Crippen LogP contribution >= 0.6 is 0 Å². The van der Waals surface area contributed by atoms with Crippen molar-refractivity contribution in [1.82, 2.24) is 0 Å². The number of rotatable bonds is 6. The van der Waals surface area contributed by atoms with Crippen LogP contribution in [0.2, 0.25) is 0 Å². The Morgan fingerprint density at radius 1 is 1.53 bits per heavy atom. The van der Waals surface area contributed by atoms with E-state index in [1.54, 1.807) is 13.1 Å². The van der Waals surface area contributed by atoms with Gasteiger partial charge in [0.15, 0.2) is 6.54 Å². The van der Waals surface area contributed by atoms with Gasteiger partial charge < -0.3 is 10.2 Å². The van der Waals surface area contributed by atoms with E-state index in [1.165, 1.54) is 18.2 Å². The predicted molar refractivity (Wildman–Crippen MR) is 68.6 cm³/mol. The number of nitro benzene ring substituents is 1. The molecule has 0 bridgehead atoms. The average Bonchev–Trinajstić information content (AvgIpc) is 2.36. The number of nitrogens with zero attached hydrogens (tertiary/aromatic N) is 2. The fraction of sp³-hybridized carbons (Fsp3) is 0.333. The first kappa shape index (κ1) is 14.6. The molecule has 0 spiro atoms. The zero-order valence-electron chi connectivity index (χ0n) is 10.5. The first-order valence-corrected chi connectivity index (χ1v) is 5.76. The van der Waals surface area contributed by atoms with Crippen LogP contribution in [0.15, 0.2) is 24.3 Å². The Labute approximate surface area is 110 Å². The fourth-order valence-electron chi connectivity index (χ4n) is 1.56. The smallest absolute Gasteiger partial charge is 0.292 e. The number of hydrogen-bond acceptors (Lipinski definition) is 4. The normalized spacial score (nSPS) is 11.4. The molecule has 100 valence electrons. The van der Waals surface area contributed by atoms with Crippen molar-refractivity contribution in [3.63, 3.8) is 0 Å². The molecule has 19 heavy (non-hydrogen) atoms. The third kappa shape index (κ3) is 4.73. The van der Waals surface area contributed by atoms with Crippen molar-refractivity contribution in [3.05, 3.63) is 34.4 Å². The summed E-state index contributed by atoms with van der Waals surface area (Å²) < 4.78 is 0. The number of likely N-dealkylation sites (N-methyl/N-ethyl adjacent to an activating group) is 1. The molecule has 0 saturated heterocycles. The molecule has 1 amide bonds. The number of anilines is 1. The number of amides is 1. The predicted octanol–water partition coefficient (Wildman–Crippen LogP) is -0.0383. The van der Waals surface area contributed by atoms with Crippen molar-refractivity contribution in [2.24, 2.45) is 0 Å². The lowest BCUT2D eigenvalue weighted by Gasteiger charge is -2.12.